The Bertz CT molecular complexity index is 1390. The molecule has 0 saturated carbocycles. The summed E-state index contributed by atoms with van der Waals surface area (Å²) in [6, 6.07) is 6.59. The van der Waals surface area contributed by atoms with E-state index >= 15 is 0 Å². The van der Waals surface area contributed by atoms with E-state index in [4.69, 9.17) is 14.3 Å². The van der Waals surface area contributed by atoms with Gasteiger partial charge in [0.05, 0.1) is 12.8 Å². The Morgan fingerprint density at radius 2 is 1.65 bits per heavy atom. The van der Waals surface area contributed by atoms with Crippen LogP contribution in [0.4, 0.5) is 15.4 Å². The van der Waals surface area contributed by atoms with Crippen LogP contribution in [0.25, 0.3) is 5.69 Å². The molecule has 14 heteroatoms. The van der Waals surface area contributed by atoms with Crippen LogP contribution in [0, 0.1) is 0 Å². The van der Waals surface area contributed by atoms with Gasteiger partial charge in [0.25, 0.3) is 0 Å². The molecule has 0 spiro atoms. The van der Waals surface area contributed by atoms with E-state index in [0.717, 1.165) is 5.56 Å². The summed E-state index contributed by atoms with van der Waals surface area (Å²) in [5.41, 5.74) is -0.314. The zero-order chi connectivity index (χ0) is 32.2. The zero-order valence-electron chi connectivity index (χ0n) is 26.3. The molecular formula is C29H44N6O7Si. The topological polar surface area (TPSA) is 155 Å². The minimum absolute atomic E-state index is 0.0999. The summed E-state index contributed by atoms with van der Waals surface area (Å²) in [5, 5.41) is 14.0. The molecule has 43 heavy (non-hydrogen) atoms. The van der Waals surface area contributed by atoms with Crippen LogP contribution >= 0.6 is 0 Å². The van der Waals surface area contributed by atoms with Crippen LogP contribution in [0.2, 0.25) is 18.1 Å². The molecule has 236 valence electrons. The minimum atomic E-state index is -1.87. The number of hydrogen-bond acceptors (Lipinski definition) is 7. The van der Waals surface area contributed by atoms with E-state index < -0.39 is 31.7 Å². The Kier molecular flexibility index (Phi) is 10.3. The lowest BCUT2D eigenvalue weighted by Crippen LogP contribution is -2.60. The van der Waals surface area contributed by atoms with E-state index in [1.807, 2.05) is 12.1 Å². The molecule has 1 aliphatic heterocycles. The molecule has 3 N–H and O–H groups in total. The Morgan fingerprint density at radius 1 is 1.02 bits per heavy atom. The van der Waals surface area contributed by atoms with E-state index in [0.29, 0.717) is 24.5 Å². The summed E-state index contributed by atoms with van der Waals surface area (Å²) in [6.07, 6.45) is 0.922. The van der Waals surface area contributed by atoms with Gasteiger partial charge in [-0.05, 0) is 56.1 Å². The number of anilines is 1. The molecule has 0 radical (unpaired) electrons. The molecule has 1 aromatic carbocycles. The Labute approximate surface area is 253 Å². The number of carboxylic acid groups (broad SMARTS) is 1. The van der Waals surface area contributed by atoms with E-state index in [2.05, 4.69) is 49.5 Å². The molecule has 2 heterocycles. The number of aromatic nitrogens is 2. The highest BCUT2D eigenvalue weighted by Gasteiger charge is 2.37. The van der Waals surface area contributed by atoms with Gasteiger partial charge in [0.1, 0.15) is 17.1 Å². The summed E-state index contributed by atoms with van der Waals surface area (Å²) in [4.78, 5) is 56.5. The van der Waals surface area contributed by atoms with Crippen molar-refractivity contribution in [2.24, 2.45) is 0 Å². The fourth-order valence-electron chi connectivity index (χ4n) is 4.41. The number of amides is 4. The van der Waals surface area contributed by atoms with Crippen molar-refractivity contribution in [2.75, 3.05) is 45.2 Å². The molecule has 0 bridgehead atoms. The van der Waals surface area contributed by atoms with Gasteiger partial charge < -0.3 is 29.4 Å². The highest BCUT2D eigenvalue weighted by molar-refractivity contribution is 6.74. The largest absolute Gasteiger partial charge is 0.496 e. The van der Waals surface area contributed by atoms with Gasteiger partial charge in [-0.1, -0.05) is 26.8 Å². The van der Waals surface area contributed by atoms with Crippen LogP contribution in [-0.2, 0) is 15.6 Å². The molecular weight excluding hydrogens is 572 g/mol. The summed E-state index contributed by atoms with van der Waals surface area (Å²) in [5.74, 6) is 0.368. The van der Waals surface area contributed by atoms with Crippen LogP contribution in [0.3, 0.4) is 0 Å². The molecule has 0 atom stereocenters. The molecule has 1 saturated heterocycles. The molecule has 2 aromatic rings. The summed E-state index contributed by atoms with van der Waals surface area (Å²) >= 11 is 0. The standard InChI is InChI=1S/C29H44N6O7Si/c1-28(2,3)43(7,8)42-18-12-20-9-10-21(19-22(20)41-6)35-13-11-23(31-26(35)38)30-25(37)34-16-14-33(15-17-34)24(36)29(4,5)32-27(39)40/h9-11,13,19,32H,12,14-18H2,1-8H3,(H,39,40)(H,30,31,37,38). The van der Waals surface area contributed by atoms with Crippen LogP contribution in [0.1, 0.15) is 40.2 Å². The maximum absolute atomic E-state index is 12.9. The monoisotopic (exact) mass is 616 g/mol. The van der Waals surface area contributed by atoms with Crippen LogP contribution < -0.4 is 21.1 Å². The second-order valence-electron chi connectivity index (χ2n) is 12.6. The summed E-state index contributed by atoms with van der Waals surface area (Å²) < 4.78 is 13.3. The fraction of sp³-hybridized carbons (Fsp3) is 0.552. The van der Waals surface area contributed by atoms with Gasteiger partial charge in [0, 0.05) is 45.0 Å². The maximum atomic E-state index is 12.9. The number of piperazine rings is 1. The van der Waals surface area contributed by atoms with Gasteiger partial charge in [-0.3, -0.25) is 14.7 Å². The first-order valence-corrected chi connectivity index (χ1v) is 17.1. The normalized spacial score (nSPS) is 14.3. The molecule has 0 unspecified atom stereocenters. The van der Waals surface area contributed by atoms with Gasteiger partial charge in [0.15, 0.2) is 8.32 Å². The summed E-state index contributed by atoms with van der Waals surface area (Å²) in [7, 11) is -0.285. The first kappa shape index (κ1) is 33.6. The number of nitrogens with zero attached hydrogens (tertiary/aromatic N) is 4. The number of ether oxygens (including phenoxy) is 1. The SMILES string of the molecule is COc1cc(-n2ccc(NC(=O)N3CCN(C(=O)C(C)(C)NC(=O)O)CC3)nc2=O)ccc1CCO[Si](C)(C)C(C)(C)C. The molecule has 4 amide bonds. The van der Waals surface area contributed by atoms with Crippen molar-refractivity contribution in [3.05, 3.63) is 46.5 Å². The van der Waals surface area contributed by atoms with Gasteiger partial charge in [-0.15, -0.1) is 0 Å². The van der Waals surface area contributed by atoms with E-state index in [-0.39, 0.29) is 42.9 Å². The lowest BCUT2D eigenvalue weighted by Gasteiger charge is -2.38. The number of carbonyl (C=O) groups is 3. The first-order chi connectivity index (χ1) is 19.9. The van der Waals surface area contributed by atoms with Crippen molar-refractivity contribution >= 4 is 32.2 Å². The van der Waals surface area contributed by atoms with Crippen LogP contribution in [0.15, 0.2) is 35.3 Å². The molecule has 1 fully saturated rings. The third kappa shape index (κ3) is 8.35. The lowest BCUT2D eigenvalue weighted by molar-refractivity contribution is -0.138. The third-order valence-electron chi connectivity index (χ3n) is 8.04. The zero-order valence-corrected chi connectivity index (χ0v) is 27.3. The number of nitrogens with one attached hydrogen (secondary N) is 2. The van der Waals surface area contributed by atoms with Crippen molar-refractivity contribution in [3.63, 3.8) is 0 Å². The van der Waals surface area contributed by atoms with E-state index in [1.54, 1.807) is 13.2 Å². The predicted molar refractivity (Wildman–Crippen MR) is 166 cm³/mol. The summed E-state index contributed by atoms with van der Waals surface area (Å²) in [6.45, 7) is 15.6. The number of urea groups is 1. The molecule has 0 aliphatic carbocycles. The van der Waals surface area contributed by atoms with Gasteiger partial charge in [-0.25, -0.2) is 14.4 Å². The van der Waals surface area contributed by atoms with Crippen LogP contribution in [-0.4, -0.2) is 96.2 Å². The Balaban J connectivity index is 1.61. The average Bonchev–Trinajstić information content (AvgIpc) is 2.91. The van der Waals surface area contributed by atoms with Crippen LogP contribution in [0.5, 0.6) is 5.75 Å². The van der Waals surface area contributed by atoms with Crippen molar-refractivity contribution in [2.45, 2.75) is 64.7 Å². The molecule has 1 aromatic heterocycles. The quantitative estimate of drug-likeness (QED) is 0.362. The van der Waals surface area contributed by atoms with Crippen molar-refractivity contribution in [1.82, 2.24) is 24.7 Å². The third-order valence-corrected chi connectivity index (χ3v) is 12.6. The predicted octanol–water partition coefficient (Wildman–Crippen LogP) is 3.53. The highest BCUT2D eigenvalue weighted by Crippen LogP contribution is 2.36. The molecule has 1 aliphatic rings. The fourth-order valence-corrected chi connectivity index (χ4v) is 5.45. The van der Waals surface area contributed by atoms with E-state index in [1.165, 1.54) is 40.5 Å². The second kappa shape index (κ2) is 13.2. The van der Waals surface area contributed by atoms with Crippen molar-refractivity contribution in [3.8, 4) is 11.4 Å². The van der Waals surface area contributed by atoms with Crippen molar-refractivity contribution in [1.29, 1.82) is 0 Å². The second-order valence-corrected chi connectivity index (χ2v) is 17.4. The average molecular weight is 617 g/mol. The molecule has 3 rings (SSSR count). The number of methoxy groups -OCH3 is 1. The smallest absolute Gasteiger partial charge is 0.405 e. The maximum Gasteiger partial charge on any atom is 0.405 e. The van der Waals surface area contributed by atoms with Gasteiger partial charge >= 0.3 is 17.8 Å². The molecule has 13 nitrogen and oxygen atoms in total. The number of benzene rings is 1. The van der Waals surface area contributed by atoms with Crippen molar-refractivity contribution < 1.29 is 28.7 Å². The number of rotatable bonds is 9. The van der Waals surface area contributed by atoms with E-state index in [9.17, 15) is 19.2 Å². The van der Waals surface area contributed by atoms with Gasteiger partial charge in [0.2, 0.25) is 5.91 Å². The number of hydrogen-bond donors (Lipinski definition) is 3. The minimum Gasteiger partial charge on any atom is -0.496 e. The Morgan fingerprint density at radius 3 is 2.21 bits per heavy atom. The highest BCUT2D eigenvalue weighted by atomic mass is 28.4. The first-order valence-electron chi connectivity index (χ1n) is 14.2. The van der Waals surface area contributed by atoms with Gasteiger partial charge in [-0.2, -0.15) is 4.98 Å². The lowest BCUT2D eigenvalue weighted by atomic mass is 10.0. The number of carbonyl (C=O) groups excluding carboxylic acids is 2. The Hall–Kier alpha value is -3.91.